The van der Waals surface area contributed by atoms with E-state index >= 15 is 0 Å². The van der Waals surface area contributed by atoms with Crippen LogP contribution in [0.1, 0.15) is 47.2 Å². The van der Waals surface area contributed by atoms with Gasteiger partial charge < -0.3 is 19.9 Å². The Morgan fingerprint density at radius 2 is 2.14 bits per heavy atom. The fraction of sp³-hybridized carbons (Fsp3) is 0.667. The van der Waals surface area contributed by atoms with Gasteiger partial charge in [0.05, 0.1) is 9.30 Å². The second-order valence-corrected chi connectivity index (χ2v) is 5.04. The van der Waals surface area contributed by atoms with Gasteiger partial charge in [-0.1, -0.05) is 26.0 Å². The molecule has 22 heavy (non-hydrogen) atoms. The molecule has 0 bridgehead atoms. The Bertz CT molecular complexity index is 816. The third-order valence-electron chi connectivity index (χ3n) is 2.59. The normalized spacial score (nSPS) is 31.4. The highest BCUT2D eigenvalue weighted by Crippen LogP contribution is 2.28. The molecule has 4 heteroatoms. The SMILES string of the molecule is [2H]C([2H])(NC(C)C)C(O)COc1ccc(C([2H])([2H])C([2H])([2H])OCC2([2H])C([2H])([2H])C2([2H])[2H])cc1. The summed E-state index contributed by atoms with van der Waals surface area (Å²) < 4.78 is 96.2. The van der Waals surface area contributed by atoms with Crippen LogP contribution >= 0.6 is 0 Å². The van der Waals surface area contributed by atoms with Gasteiger partial charge in [0, 0.05) is 31.5 Å². The van der Waals surface area contributed by atoms with Gasteiger partial charge in [-0.25, -0.2) is 0 Å². The van der Waals surface area contributed by atoms with Gasteiger partial charge in [0.1, 0.15) is 18.5 Å². The number of rotatable bonds is 11. The van der Waals surface area contributed by atoms with E-state index in [2.05, 4.69) is 5.32 Å². The minimum absolute atomic E-state index is 0.155. The number of benzene rings is 1. The predicted octanol–water partition coefficient (Wildman–Crippen LogP) is 2.39. The van der Waals surface area contributed by atoms with Gasteiger partial charge in [0.15, 0.2) is 0 Å². The van der Waals surface area contributed by atoms with Gasteiger partial charge >= 0.3 is 0 Å². The number of nitrogens with one attached hydrogen (secondary N) is 1. The van der Waals surface area contributed by atoms with E-state index in [1.54, 1.807) is 13.8 Å². The third-order valence-corrected chi connectivity index (χ3v) is 2.59. The van der Waals surface area contributed by atoms with Crippen molar-refractivity contribution in [2.45, 2.75) is 45.1 Å². The van der Waals surface area contributed by atoms with Crippen molar-refractivity contribution in [3.63, 3.8) is 0 Å². The molecule has 1 unspecified atom stereocenters. The van der Waals surface area contributed by atoms with E-state index in [0.717, 1.165) is 0 Å². The molecule has 2 N–H and O–H groups in total. The first-order valence-corrected chi connectivity index (χ1v) is 7.06. The van der Waals surface area contributed by atoms with Crippen molar-refractivity contribution in [1.82, 2.24) is 5.32 Å². The summed E-state index contributed by atoms with van der Waals surface area (Å²) in [4.78, 5) is 0. The molecule has 1 aromatic carbocycles. The molecule has 0 saturated heterocycles. The topological polar surface area (TPSA) is 50.7 Å². The van der Waals surface area contributed by atoms with Crippen LogP contribution in [0.2, 0.25) is 0 Å². The average Bonchev–Trinajstić information content (AvgIpc) is 2.99. The van der Waals surface area contributed by atoms with Crippen molar-refractivity contribution in [3.05, 3.63) is 29.8 Å². The van der Waals surface area contributed by atoms with Crippen molar-refractivity contribution < 1.29 is 29.7 Å². The number of hydrogen-bond acceptors (Lipinski definition) is 4. The number of aryl methyl sites for hydroxylation is 1. The van der Waals surface area contributed by atoms with Crippen LogP contribution in [0.15, 0.2) is 24.3 Å². The first-order valence-electron chi connectivity index (χ1n) is 12.6. The molecule has 0 aromatic heterocycles. The maximum Gasteiger partial charge on any atom is 0.119 e. The average molecular weight is 319 g/mol. The first-order chi connectivity index (χ1) is 14.7. The van der Waals surface area contributed by atoms with E-state index in [4.69, 9.17) is 24.6 Å². The first kappa shape index (κ1) is 7.65. The molecule has 2 rings (SSSR count). The molecule has 1 atom stereocenters. The van der Waals surface area contributed by atoms with E-state index in [-0.39, 0.29) is 17.4 Å². The number of aliphatic hydroxyl groups excluding tert-OH is 1. The van der Waals surface area contributed by atoms with Gasteiger partial charge in [-0.3, -0.25) is 0 Å². The Morgan fingerprint density at radius 3 is 2.77 bits per heavy atom. The van der Waals surface area contributed by atoms with Crippen LogP contribution in [0.5, 0.6) is 5.75 Å². The molecule has 1 fully saturated rings. The van der Waals surface area contributed by atoms with E-state index in [0.29, 0.717) is 0 Å². The predicted molar refractivity (Wildman–Crippen MR) is 88.3 cm³/mol. The van der Waals surface area contributed by atoms with Crippen LogP contribution in [0.25, 0.3) is 0 Å². The summed E-state index contributed by atoms with van der Waals surface area (Å²) in [5.41, 5.74) is -0.155. The lowest BCUT2D eigenvalue weighted by Crippen LogP contribution is -2.35. The highest BCUT2D eigenvalue weighted by Gasteiger charge is 2.20. The third kappa shape index (κ3) is 7.25. The summed E-state index contributed by atoms with van der Waals surface area (Å²) in [6.45, 7) is -3.03. The van der Waals surface area contributed by atoms with Gasteiger partial charge in [-0.05, 0) is 42.7 Å². The molecule has 1 aliphatic rings. The van der Waals surface area contributed by atoms with Gasteiger partial charge in [0.2, 0.25) is 0 Å². The van der Waals surface area contributed by atoms with Crippen LogP contribution in [0.4, 0.5) is 0 Å². The Hall–Kier alpha value is -1.10. The van der Waals surface area contributed by atoms with Gasteiger partial charge in [0.25, 0.3) is 0 Å². The van der Waals surface area contributed by atoms with Gasteiger partial charge in [-0.2, -0.15) is 0 Å². The number of hydrogen-bond donors (Lipinski definition) is 2. The fourth-order valence-corrected chi connectivity index (χ4v) is 1.43. The smallest absolute Gasteiger partial charge is 0.119 e. The van der Waals surface area contributed by atoms with Crippen molar-refractivity contribution >= 4 is 0 Å². The summed E-state index contributed by atoms with van der Waals surface area (Å²) in [7, 11) is 0. The molecular formula is C18H29NO3. The number of ether oxygens (including phenoxy) is 2. The molecule has 4 nitrogen and oxygen atoms in total. The Balaban J connectivity index is 2.03. The lowest BCUT2D eigenvalue weighted by Gasteiger charge is -2.15. The molecular weight excluding hydrogens is 278 g/mol. The molecule has 0 spiro atoms. The zero-order chi connectivity index (χ0) is 25.7. The Morgan fingerprint density at radius 1 is 1.41 bits per heavy atom. The zero-order valence-electron chi connectivity index (χ0n) is 23.6. The van der Waals surface area contributed by atoms with E-state index in [1.165, 1.54) is 24.3 Å². The van der Waals surface area contributed by atoms with Crippen molar-refractivity contribution in [2.75, 3.05) is 26.3 Å². The monoisotopic (exact) mass is 318 g/mol. The quantitative estimate of drug-likeness (QED) is 0.658. The van der Waals surface area contributed by atoms with Crippen LogP contribution in [-0.4, -0.2) is 43.5 Å². The summed E-state index contributed by atoms with van der Waals surface area (Å²) in [6.07, 6.45) is -9.33. The van der Waals surface area contributed by atoms with Crippen LogP contribution in [-0.2, 0) is 11.1 Å². The van der Waals surface area contributed by atoms with Crippen LogP contribution in [0, 0.1) is 5.89 Å². The molecule has 1 aromatic rings. The lowest BCUT2D eigenvalue weighted by atomic mass is 10.1. The molecule has 0 heterocycles. The molecule has 0 amide bonds. The highest BCUT2D eigenvalue weighted by atomic mass is 16.5. The minimum Gasteiger partial charge on any atom is -0.491 e. The van der Waals surface area contributed by atoms with Crippen molar-refractivity contribution in [3.8, 4) is 5.75 Å². The summed E-state index contributed by atoms with van der Waals surface area (Å²) in [5, 5.41) is 12.6. The second-order valence-electron chi connectivity index (χ2n) is 5.04. The summed E-state index contributed by atoms with van der Waals surface area (Å²) in [5.74, 6) is -2.17. The lowest BCUT2D eigenvalue weighted by molar-refractivity contribution is 0.104. The zero-order valence-corrected chi connectivity index (χ0v) is 12.6. The fourth-order valence-electron chi connectivity index (χ4n) is 1.43. The van der Waals surface area contributed by atoms with Crippen molar-refractivity contribution in [1.29, 1.82) is 0 Å². The molecule has 0 radical (unpaired) electrons. The van der Waals surface area contributed by atoms with E-state index in [9.17, 15) is 5.11 Å². The highest BCUT2D eigenvalue weighted by molar-refractivity contribution is 5.27. The molecule has 124 valence electrons. The summed E-state index contributed by atoms with van der Waals surface area (Å²) in [6, 6.07) is 4.85. The Kier molecular flexibility index (Phi) is 3.17. The maximum absolute atomic E-state index is 10.0. The summed E-state index contributed by atoms with van der Waals surface area (Å²) >= 11 is 0. The van der Waals surface area contributed by atoms with E-state index in [1.807, 2.05) is 0 Å². The minimum atomic E-state index is -3.01. The Labute approximate surface area is 149 Å². The molecule has 0 aliphatic heterocycles. The van der Waals surface area contributed by atoms with E-state index < -0.39 is 57.4 Å². The second kappa shape index (κ2) is 9.13. The van der Waals surface area contributed by atoms with Crippen LogP contribution in [0.3, 0.4) is 0 Å². The van der Waals surface area contributed by atoms with Crippen molar-refractivity contribution in [2.24, 2.45) is 5.89 Å². The standard InChI is InChI=1S/C18H29NO3/c1-14(2)19-11-17(20)13-22-18-7-5-15(6-8-18)9-10-21-12-16-3-4-16/h5-8,14,16-17,19-20H,3-4,9-13H2,1-2H3/i3D2,4D2,9D2,10D2,11D2,16D. The molecule has 1 aliphatic carbocycles. The van der Waals surface area contributed by atoms with Gasteiger partial charge in [-0.15, -0.1) is 0 Å². The molecule has 1 saturated carbocycles. The maximum atomic E-state index is 10.0. The number of aliphatic hydroxyl groups is 1. The largest absolute Gasteiger partial charge is 0.491 e. The van der Waals surface area contributed by atoms with Crippen LogP contribution < -0.4 is 10.1 Å².